The van der Waals surface area contributed by atoms with Gasteiger partial charge in [-0.25, -0.2) is 0 Å². The predicted octanol–water partition coefficient (Wildman–Crippen LogP) is 1.56. The van der Waals surface area contributed by atoms with E-state index in [0.717, 1.165) is 32.2 Å². The SMILES string of the molecule is O=C(COCC(F)(F)F)N1CCCC(C2CCCN2)C1. The van der Waals surface area contributed by atoms with Crippen LogP contribution < -0.4 is 5.32 Å². The van der Waals surface area contributed by atoms with Gasteiger partial charge in [-0.2, -0.15) is 13.2 Å². The molecule has 1 amide bonds. The molecule has 2 aliphatic heterocycles. The van der Waals surface area contributed by atoms with E-state index in [0.29, 0.717) is 25.0 Å². The minimum absolute atomic E-state index is 0.336. The van der Waals surface area contributed by atoms with Crippen LogP contribution >= 0.6 is 0 Å². The Kier molecular flexibility index (Phi) is 5.26. The molecule has 1 N–H and O–H groups in total. The number of hydrogen-bond donors (Lipinski definition) is 1. The van der Waals surface area contributed by atoms with Crippen molar-refractivity contribution in [3.8, 4) is 0 Å². The van der Waals surface area contributed by atoms with Crippen LogP contribution in [-0.2, 0) is 9.53 Å². The van der Waals surface area contributed by atoms with Crippen molar-refractivity contribution in [2.45, 2.75) is 37.9 Å². The van der Waals surface area contributed by atoms with Crippen molar-refractivity contribution >= 4 is 5.91 Å². The lowest BCUT2D eigenvalue weighted by Crippen LogP contribution is -2.47. The molecule has 2 aliphatic rings. The van der Waals surface area contributed by atoms with Gasteiger partial charge >= 0.3 is 6.18 Å². The molecule has 2 saturated heterocycles. The molecule has 2 unspecified atom stereocenters. The highest BCUT2D eigenvalue weighted by atomic mass is 19.4. The van der Waals surface area contributed by atoms with Gasteiger partial charge in [-0.3, -0.25) is 4.79 Å². The molecule has 7 heteroatoms. The monoisotopic (exact) mass is 294 g/mol. The first-order chi connectivity index (χ1) is 9.46. The highest BCUT2D eigenvalue weighted by molar-refractivity contribution is 5.77. The second-order valence-corrected chi connectivity index (χ2v) is 5.55. The third-order valence-electron chi connectivity index (χ3n) is 3.97. The number of likely N-dealkylation sites (tertiary alicyclic amines) is 1. The number of nitrogens with one attached hydrogen (secondary N) is 1. The van der Waals surface area contributed by atoms with E-state index in [1.165, 1.54) is 0 Å². The number of carbonyl (C=O) groups excluding carboxylic acids is 1. The van der Waals surface area contributed by atoms with Crippen LogP contribution in [0.3, 0.4) is 0 Å². The Morgan fingerprint density at radius 2 is 2.10 bits per heavy atom. The number of nitrogens with zero attached hydrogens (tertiary/aromatic N) is 1. The average molecular weight is 294 g/mol. The molecule has 0 spiro atoms. The van der Waals surface area contributed by atoms with Crippen LogP contribution in [-0.4, -0.2) is 55.9 Å². The van der Waals surface area contributed by atoms with Crippen molar-refractivity contribution in [1.82, 2.24) is 10.2 Å². The fourth-order valence-electron chi connectivity index (χ4n) is 3.02. The van der Waals surface area contributed by atoms with E-state index in [1.807, 2.05) is 0 Å². The van der Waals surface area contributed by atoms with E-state index in [4.69, 9.17) is 0 Å². The number of alkyl halides is 3. The summed E-state index contributed by atoms with van der Waals surface area (Å²) in [7, 11) is 0. The molecule has 116 valence electrons. The van der Waals surface area contributed by atoms with Gasteiger partial charge in [0.1, 0.15) is 13.2 Å². The maximum Gasteiger partial charge on any atom is 0.411 e. The van der Waals surface area contributed by atoms with E-state index < -0.39 is 19.4 Å². The minimum atomic E-state index is -4.38. The Balaban J connectivity index is 1.75. The fourth-order valence-corrected chi connectivity index (χ4v) is 3.02. The normalized spacial score (nSPS) is 27.9. The molecule has 0 bridgehead atoms. The number of amides is 1. The van der Waals surface area contributed by atoms with Crippen LogP contribution in [0.25, 0.3) is 0 Å². The van der Waals surface area contributed by atoms with Gasteiger partial charge in [-0.05, 0) is 38.1 Å². The molecule has 2 heterocycles. The third-order valence-corrected chi connectivity index (χ3v) is 3.97. The van der Waals surface area contributed by atoms with E-state index in [2.05, 4.69) is 10.1 Å². The van der Waals surface area contributed by atoms with Crippen LogP contribution in [0.15, 0.2) is 0 Å². The molecule has 0 aliphatic carbocycles. The van der Waals surface area contributed by atoms with Crippen LogP contribution in [0.1, 0.15) is 25.7 Å². The van der Waals surface area contributed by atoms with Crippen molar-refractivity contribution in [2.24, 2.45) is 5.92 Å². The molecular weight excluding hydrogens is 273 g/mol. The maximum absolute atomic E-state index is 12.0. The first-order valence-corrected chi connectivity index (χ1v) is 7.11. The molecular formula is C13H21F3N2O2. The molecule has 0 saturated carbocycles. The summed E-state index contributed by atoms with van der Waals surface area (Å²) in [6.07, 6.45) is -0.113. The summed E-state index contributed by atoms with van der Waals surface area (Å²) < 4.78 is 40.3. The van der Waals surface area contributed by atoms with Gasteiger partial charge in [-0.15, -0.1) is 0 Å². The summed E-state index contributed by atoms with van der Waals surface area (Å²) in [5.74, 6) is 0.0785. The number of hydrogen-bond acceptors (Lipinski definition) is 3. The van der Waals surface area contributed by atoms with Gasteiger partial charge in [-0.1, -0.05) is 0 Å². The second-order valence-electron chi connectivity index (χ2n) is 5.55. The lowest BCUT2D eigenvalue weighted by Gasteiger charge is -2.35. The number of rotatable bonds is 4. The summed E-state index contributed by atoms with van der Waals surface area (Å²) in [5, 5.41) is 3.43. The van der Waals surface area contributed by atoms with E-state index in [-0.39, 0.29) is 5.91 Å². The zero-order chi connectivity index (χ0) is 14.6. The molecule has 0 aromatic carbocycles. The summed E-state index contributed by atoms with van der Waals surface area (Å²) in [6, 6.07) is 0.446. The van der Waals surface area contributed by atoms with Crippen molar-refractivity contribution in [1.29, 1.82) is 0 Å². The molecule has 0 aromatic heterocycles. The van der Waals surface area contributed by atoms with Crippen LogP contribution in [0.5, 0.6) is 0 Å². The Labute approximate surface area is 116 Å². The van der Waals surface area contributed by atoms with Gasteiger partial charge in [0.2, 0.25) is 5.91 Å². The summed E-state index contributed by atoms with van der Waals surface area (Å²) in [6.45, 7) is 0.428. The predicted molar refractivity (Wildman–Crippen MR) is 67.2 cm³/mol. The Morgan fingerprint density at radius 3 is 2.75 bits per heavy atom. The molecule has 2 fully saturated rings. The van der Waals surface area contributed by atoms with Crippen molar-refractivity contribution in [3.63, 3.8) is 0 Å². The largest absolute Gasteiger partial charge is 0.411 e. The Hall–Kier alpha value is -0.820. The van der Waals surface area contributed by atoms with Gasteiger partial charge in [0.25, 0.3) is 0 Å². The molecule has 4 nitrogen and oxygen atoms in total. The van der Waals surface area contributed by atoms with Crippen LogP contribution in [0.2, 0.25) is 0 Å². The topological polar surface area (TPSA) is 41.6 Å². The van der Waals surface area contributed by atoms with Crippen molar-refractivity contribution < 1.29 is 22.7 Å². The maximum atomic E-state index is 12.0. The quantitative estimate of drug-likeness (QED) is 0.855. The molecule has 20 heavy (non-hydrogen) atoms. The van der Waals surface area contributed by atoms with Gasteiger partial charge < -0.3 is 15.0 Å². The number of piperidine rings is 1. The average Bonchev–Trinajstić information content (AvgIpc) is 2.91. The van der Waals surface area contributed by atoms with E-state index in [9.17, 15) is 18.0 Å². The molecule has 2 rings (SSSR count). The highest BCUT2D eigenvalue weighted by Gasteiger charge is 2.32. The van der Waals surface area contributed by atoms with E-state index in [1.54, 1.807) is 4.90 Å². The number of carbonyl (C=O) groups is 1. The third kappa shape index (κ3) is 4.63. The molecule has 0 radical (unpaired) electrons. The smallest absolute Gasteiger partial charge is 0.362 e. The van der Waals surface area contributed by atoms with Crippen LogP contribution in [0.4, 0.5) is 13.2 Å². The zero-order valence-electron chi connectivity index (χ0n) is 11.4. The first-order valence-electron chi connectivity index (χ1n) is 7.11. The summed E-state index contributed by atoms with van der Waals surface area (Å²) in [5.41, 5.74) is 0. The van der Waals surface area contributed by atoms with E-state index >= 15 is 0 Å². The lowest BCUT2D eigenvalue weighted by molar-refractivity contribution is -0.178. The number of halogens is 3. The van der Waals surface area contributed by atoms with Gasteiger partial charge in [0, 0.05) is 19.1 Å². The lowest BCUT2D eigenvalue weighted by atomic mass is 9.90. The second kappa shape index (κ2) is 6.76. The zero-order valence-corrected chi connectivity index (χ0v) is 11.4. The van der Waals surface area contributed by atoms with Crippen molar-refractivity contribution in [2.75, 3.05) is 32.8 Å². The van der Waals surface area contributed by atoms with Gasteiger partial charge in [0.15, 0.2) is 0 Å². The van der Waals surface area contributed by atoms with Crippen molar-refractivity contribution in [3.05, 3.63) is 0 Å². The standard InChI is InChI=1S/C13H21F3N2O2/c14-13(15,16)9-20-8-12(19)18-6-2-3-10(7-18)11-4-1-5-17-11/h10-11,17H,1-9H2. The Morgan fingerprint density at radius 1 is 1.30 bits per heavy atom. The summed E-state index contributed by atoms with van der Waals surface area (Å²) >= 11 is 0. The first kappa shape index (κ1) is 15.6. The van der Waals surface area contributed by atoms with Crippen LogP contribution in [0, 0.1) is 5.92 Å². The highest BCUT2D eigenvalue weighted by Crippen LogP contribution is 2.24. The Bertz CT molecular complexity index is 330. The number of ether oxygens (including phenoxy) is 1. The molecule has 2 atom stereocenters. The minimum Gasteiger partial charge on any atom is -0.362 e. The fraction of sp³-hybridized carbons (Fsp3) is 0.923. The van der Waals surface area contributed by atoms with Gasteiger partial charge in [0.05, 0.1) is 0 Å². The summed E-state index contributed by atoms with van der Waals surface area (Å²) in [4.78, 5) is 13.5. The molecule has 0 aromatic rings.